The number of nitro benzene ring substituents is 1. The second-order valence-corrected chi connectivity index (χ2v) is 5.85. The number of rotatable bonds is 6. The van der Waals surface area contributed by atoms with Gasteiger partial charge in [0.05, 0.1) is 22.8 Å². The van der Waals surface area contributed by atoms with Crippen molar-refractivity contribution < 1.29 is 14.5 Å². The van der Waals surface area contributed by atoms with Crippen molar-refractivity contribution in [2.45, 2.75) is 13.3 Å². The number of ether oxygens (including phenoxy) is 1. The van der Waals surface area contributed by atoms with Crippen molar-refractivity contribution in [3.8, 4) is 11.1 Å². The molecule has 0 atom stereocenters. The fourth-order valence-electron chi connectivity index (χ4n) is 2.85. The van der Waals surface area contributed by atoms with Crippen LogP contribution in [-0.4, -0.2) is 22.5 Å². The van der Waals surface area contributed by atoms with Gasteiger partial charge in [0.15, 0.2) is 0 Å². The summed E-state index contributed by atoms with van der Waals surface area (Å²) in [6.07, 6.45) is 0.440. The van der Waals surface area contributed by atoms with E-state index in [9.17, 15) is 14.9 Å². The zero-order valence-corrected chi connectivity index (χ0v) is 14.8. The molecule has 0 saturated heterocycles. The summed E-state index contributed by atoms with van der Waals surface area (Å²) < 4.78 is 5.03. The van der Waals surface area contributed by atoms with Gasteiger partial charge in [-0.2, -0.15) is 0 Å². The topological polar surface area (TPSA) is 82.3 Å². The van der Waals surface area contributed by atoms with Crippen LogP contribution in [0.3, 0.4) is 0 Å². The molecule has 6 heteroatoms. The number of pyridine rings is 1. The number of carbonyl (C=O) groups excluding carboxylic acids is 1. The van der Waals surface area contributed by atoms with Crippen molar-refractivity contribution in [2.75, 3.05) is 6.61 Å². The number of esters is 1. The summed E-state index contributed by atoms with van der Waals surface area (Å²) in [5.74, 6) is -0.513. The summed E-state index contributed by atoms with van der Waals surface area (Å²) in [5.41, 5.74) is 2.85. The largest absolute Gasteiger partial charge is 0.461 e. The number of hydrogen-bond donors (Lipinski definition) is 0. The third kappa shape index (κ3) is 4.17. The van der Waals surface area contributed by atoms with Gasteiger partial charge in [-0.3, -0.25) is 10.1 Å². The Kier molecular flexibility index (Phi) is 5.56. The first kappa shape index (κ1) is 18.3. The first-order chi connectivity index (χ1) is 13.1. The molecular formula is C21H18N2O4. The number of nitro groups is 1. The van der Waals surface area contributed by atoms with Gasteiger partial charge in [0.25, 0.3) is 5.69 Å². The molecule has 3 aromatic rings. The first-order valence-electron chi connectivity index (χ1n) is 8.55. The molecule has 0 N–H and O–H groups in total. The van der Waals surface area contributed by atoms with Crippen LogP contribution in [0.2, 0.25) is 0 Å². The summed E-state index contributed by atoms with van der Waals surface area (Å²) in [6, 6.07) is 19.4. The number of para-hydroxylation sites is 1. The van der Waals surface area contributed by atoms with Crippen molar-refractivity contribution in [3.63, 3.8) is 0 Å². The molecular weight excluding hydrogens is 344 g/mol. The average molecular weight is 362 g/mol. The SMILES string of the molecule is CCOC(=O)c1ccc(-c2ccccc2[N+](=O)[O-])c(Cc2ccccc2)n1. The van der Waals surface area contributed by atoms with Crippen LogP contribution < -0.4 is 0 Å². The predicted molar refractivity (Wildman–Crippen MR) is 102 cm³/mol. The second kappa shape index (κ2) is 8.23. The van der Waals surface area contributed by atoms with Gasteiger partial charge in [0.2, 0.25) is 0 Å². The quantitative estimate of drug-likeness (QED) is 0.368. The lowest BCUT2D eigenvalue weighted by atomic mass is 9.97. The predicted octanol–water partition coefficient (Wildman–Crippen LogP) is 4.42. The number of aromatic nitrogens is 1. The average Bonchev–Trinajstić information content (AvgIpc) is 2.69. The summed E-state index contributed by atoms with van der Waals surface area (Å²) in [4.78, 5) is 27.6. The number of nitrogens with zero attached hydrogens (tertiary/aromatic N) is 2. The maximum Gasteiger partial charge on any atom is 0.356 e. The maximum absolute atomic E-state index is 12.1. The third-order valence-corrected chi connectivity index (χ3v) is 4.06. The molecule has 1 heterocycles. The van der Waals surface area contributed by atoms with Gasteiger partial charge in [0, 0.05) is 18.1 Å². The van der Waals surface area contributed by atoms with Crippen LogP contribution in [0, 0.1) is 10.1 Å². The zero-order chi connectivity index (χ0) is 19.2. The van der Waals surface area contributed by atoms with E-state index in [0.29, 0.717) is 23.2 Å². The Bertz CT molecular complexity index is 971. The highest BCUT2D eigenvalue weighted by Gasteiger charge is 2.20. The van der Waals surface area contributed by atoms with E-state index in [0.717, 1.165) is 5.56 Å². The Morgan fingerprint density at radius 1 is 1.00 bits per heavy atom. The molecule has 0 spiro atoms. The molecule has 0 amide bonds. The maximum atomic E-state index is 12.1. The smallest absolute Gasteiger partial charge is 0.356 e. The van der Waals surface area contributed by atoms with E-state index in [2.05, 4.69) is 4.98 Å². The van der Waals surface area contributed by atoms with Crippen LogP contribution in [0.1, 0.15) is 28.7 Å². The van der Waals surface area contributed by atoms with E-state index < -0.39 is 10.9 Å². The lowest BCUT2D eigenvalue weighted by Crippen LogP contribution is -2.10. The normalized spacial score (nSPS) is 10.4. The van der Waals surface area contributed by atoms with Gasteiger partial charge in [-0.05, 0) is 30.7 Å². The third-order valence-electron chi connectivity index (χ3n) is 4.06. The second-order valence-electron chi connectivity index (χ2n) is 5.85. The number of benzene rings is 2. The highest BCUT2D eigenvalue weighted by atomic mass is 16.6. The summed E-state index contributed by atoms with van der Waals surface area (Å²) in [7, 11) is 0. The molecule has 0 saturated carbocycles. The first-order valence-corrected chi connectivity index (χ1v) is 8.55. The van der Waals surface area contributed by atoms with Gasteiger partial charge >= 0.3 is 5.97 Å². The van der Waals surface area contributed by atoms with Gasteiger partial charge in [-0.15, -0.1) is 0 Å². The van der Waals surface area contributed by atoms with Gasteiger partial charge < -0.3 is 4.74 Å². The molecule has 1 aromatic heterocycles. The molecule has 0 aliphatic heterocycles. The van der Waals surface area contributed by atoms with Crippen molar-refractivity contribution in [1.29, 1.82) is 0 Å². The fraction of sp³-hybridized carbons (Fsp3) is 0.143. The number of carbonyl (C=O) groups is 1. The van der Waals surface area contributed by atoms with Gasteiger partial charge in [-0.1, -0.05) is 42.5 Å². The van der Waals surface area contributed by atoms with E-state index in [1.54, 1.807) is 37.3 Å². The zero-order valence-electron chi connectivity index (χ0n) is 14.8. The Morgan fingerprint density at radius 3 is 2.41 bits per heavy atom. The summed E-state index contributed by atoms with van der Waals surface area (Å²) in [6.45, 7) is 1.98. The van der Waals surface area contributed by atoms with E-state index in [4.69, 9.17) is 4.74 Å². The van der Waals surface area contributed by atoms with Crippen molar-refractivity contribution in [1.82, 2.24) is 4.98 Å². The molecule has 27 heavy (non-hydrogen) atoms. The monoisotopic (exact) mass is 362 g/mol. The lowest BCUT2D eigenvalue weighted by Gasteiger charge is -2.11. The molecule has 6 nitrogen and oxygen atoms in total. The van der Waals surface area contributed by atoms with E-state index in [-0.39, 0.29) is 18.0 Å². The molecule has 2 aromatic carbocycles. The molecule has 0 aliphatic carbocycles. The fourth-order valence-corrected chi connectivity index (χ4v) is 2.85. The molecule has 0 bridgehead atoms. The Morgan fingerprint density at radius 2 is 1.70 bits per heavy atom. The Hall–Kier alpha value is -3.54. The van der Waals surface area contributed by atoms with Crippen LogP contribution >= 0.6 is 0 Å². The van der Waals surface area contributed by atoms with E-state index in [1.807, 2.05) is 30.3 Å². The Balaban J connectivity index is 2.13. The van der Waals surface area contributed by atoms with Crippen LogP contribution in [0.15, 0.2) is 66.7 Å². The number of hydrogen-bond acceptors (Lipinski definition) is 5. The van der Waals surface area contributed by atoms with Gasteiger partial charge in [0.1, 0.15) is 5.69 Å². The van der Waals surface area contributed by atoms with Crippen LogP contribution in [0.4, 0.5) is 5.69 Å². The highest BCUT2D eigenvalue weighted by Crippen LogP contribution is 2.32. The summed E-state index contributed by atoms with van der Waals surface area (Å²) >= 11 is 0. The lowest BCUT2D eigenvalue weighted by molar-refractivity contribution is -0.384. The van der Waals surface area contributed by atoms with Crippen LogP contribution in [0.5, 0.6) is 0 Å². The van der Waals surface area contributed by atoms with Gasteiger partial charge in [-0.25, -0.2) is 9.78 Å². The minimum absolute atomic E-state index is 0.00232. The van der Waals surface area contributed by atoms with Crippen molar-refractivity contribution >= 4 is 11.7 Å². The van der Waals surface area contributed by atoms with Crippen molar-refractivity contribution in [2.24, 2.45) is 0 Å². The molecule has 0 unspecified atom stereocenters. The minimum Gasteiger partial charge on any atom is -0.461 e. The van der Waals surface area contributed by atoms with E-state index in [1.165, 1.54) is 6.07 Å². The molecule has 136 valence electrons. The van der Waals surface area contributed by atoms with Crippen LogP contribution in [-0.2, 0) is 11.2 Å². The molecule has 3 rings (SSSR count). The van der Waals surface area contributed by atoms with Crippen molar-refractivity contribution in [3.05, 3.63) is 93.8 Å². The van der Waals surface area contributed by atoms with Crippen LogP contribution in [0.25, 0.3) is 11.1 Å². The summed E-state index contributed by atoms with van der Waals surface area (Å²) in [5, 5.41) is 11.4. The molecule has 0 radical (unpaired) electrons. The molecule has 0 aliphatic rings. The highest BCUT2D eigenvalue weighted by molar-refractivity contribution is 5.88. The Labute approximate surface area is 156 Å². The minimum atomic E-state index is -0.513. The standard InChI is InChI=1S/C21H18N2O4/c1-2-27-21(24)18-13-12-16(17-10-6-7-11-20(17)23(25)26)19(22-18)14-15-8-4-3-5-9-15/h3-13H,2,14H2,1H3. The molecule has 0 fully saturated rings. The van der Waals surface area contributed by atoms with E-state index >= 15 is 0 Å².